The summed E-state index contributed by atoms with van der Waals surface area (Å²) in [4.78, 5) is 20.8. The lowest BCUT2D eigenvalue weighted by Gasteiger charge is -2.04. The summed E-state index contributed by atoms with van der Waals surface area (Å²) in [5.41, 5.74) is 2.45. The lowest BCUT2D eigenvalue weighted by Crippen LogP contribution is -1.96. The Bertz CT molecular complexity index is 383. The number of aliphatic carboxylic acids is 2. The molecule has 1 aromatic carbocycles. The maximum Gasteiger partial charge on any atom is 0.303 e. The van der Waals surface area contributed by atoms with E-state index < -0.39 is 11.9 Å². The van der Waals surface area contributed by atoms with E-state index in [4.69, 9.17) is 10.2 Å². The van der Waals surface area contributed by atoms with Crippen molar-refractivity contribution in [2.24, 2.45) is 0 Å². The van der Waals surface area contributed by atoms with E-state index in [9.17, 15) is 9.59 Å². The molecule has 0 unspecified atom stereocenters. The summed E-state index contributed by atoms with van der Waals surface area (Å²) in [6.07, 6.45) is 5.51. The summed E-state index contributed by atoms with van der Waals surface area (Å²) in [5, 5.41) is 17.1. The minimum Gasteiger partial charge on any atom is -0.481 e. The summed E-state index contributed by atoms with van der Waals surface area (Å²) >= 11 is 0. The largest absolute Gasteiger partial charge is 0.481 e. The Morgan fingerprint density at radius 1 is 0.667 bits per heavy atom. The van der Waals surface area contributed by atoms with Gasteiger partial charge < -0.3 is 10.2 Å². The van der Waals surface area contributed by atoms with Crippen LogP contribution in [0.1, 0.15) is 77.3 Å². The van der Waals surface area contributed by atoms with Crippen molar-refractivity contribution >= 4 is 11.9 Å². The van der Waals surface area contributed by atoms with Gasteiger partial charge in [-0.3, -0.25) is 9.59 Å². The monoisotopic (exact) mass is 338 g/mol. The number of carbonyl (C=O) groups is 2. The molecule has 0 aliphatic rings. The Morgan fingerprint density at radius 3 is 1.21 bits per heavy atom. The molecule has 0 heterocycles. The van der Waals surface area contributed by atoms with Gasteiger partial charge in [-0.1, -0.05) is 52.0 Å². The molecule has 0 saturated carbocycles. The third-order valence-electron chi connectivity index (χ3n) is 3.24. The van der Waals surface area contributed by atoms with Crippen LogP contribution in [-0.2, 0) is 22.4 Å². The van der Waals surface area contributed by atoms with Crippen LogP contribution < -0.4 is 0 Å². The minimum absolute atomic E-state index is 0.238. The number of hydrogen-bond donors (Lipinski definition) is 2. The maximum atomic E-state index is 10.4. The molecule has 0 radical (unpaired) electrons. The van der Waals surface area contributed by atoms with Crippen molar-refractivity contribution in [3.8, 4) is 0 Å². The average molecular weight is 338 g/mol. The quantitative estimate of drug-likeness (QED) is 0.565. The van der Waals surface area contributed by atoms with E-state index in [1.54, 1.807) is 0 Å². The van der Waals surface area contributed by atoms with Crippen LogP contribution in [0.25, 0.3) is 0 Å². The molecule has 0 saturated heterocycles. The smallest absolute Gasteiger partial charge is 0.303 e. The van der Waals surface area contributed by atoms with Crippen LogP contribution in [0, 0.1) is 0 Å². The average Bonchev–Trinajstić information content (AvgIpc) is 2.60. The van der Waals surface area contributed by atoms with E-state index in [0.717, 1.165) is 25.7 Å². The molecule has 0 atom stereocenters. The first kappa shape index (κ1) is 24.4. The summed E-state index contributed by atoms with van der Waals surface area (Å²) in [6.45, 7) is 8.00. The lowest BCUT2D eigenvalue weighted by atomic mass is 10.0. The van der Waals surface area contributed by atoms with E-state index >= 15 is 0 Å². The third-order valence-corrected chi connectivity index (χ3v) is 3.24. The Labute approximate surface area is 146 Å². The molecule has 24 heavy (non-hydrogen) atoms. The van der Waals surface area contributed by atoms with Gasteiger partial charge in [-0.15, -0.1) is 0 Å². The van der Waals surface area contributed by atoms with Crippen molar-refractivity contribution in [3.05, 3.63) is 35.4 Å². The predicted octanol–water partition coefficient (Wildman–Crippen LogP) is 5.33. The third kappa shape index (κ3) is 15.1. The second-order valence-corrected chi connectivity index (χ2v) is 5.02. The number of carboxylic acid groups (broad SMARTS) is 2. The molecule has 4 nitrogen and oxygen atoms in total. The van der Waals surface area contributed by atoms with Gasteiger partial charge in [0.1, 0.15) is 0 Å². The van der Waals surface area contributed by atoms with Crippen molar-refractivity contribution < 1.29 is 19.8 Å². The Morgan fingerprint density at radius 2 is 0.958 bits per heavy atom. The predicted molar refractivity (Wildman–Crippen MR) is 99.5 cm³/mol. The topological polar surface area (TPSA) is 74.6 Å². The number of hydrogen-bond acceptors (Lipinski definition) is 2. The highest BCUT2D eigenvalue weighted by Crippen LogP contribution is 2.11. The highest BCUT2D eigenvalue weighted by Gasteiger charge is 2.00. The molecule has 0 spiro atoms. The molecule has 0 amide bonds. The first-order valence-electron chi connectivity index (χ1n) is 9.09. The molecular weight excluding hydrogens is 304 g/mol. The molecule has 1 rings (SSSR count). The molecule has 0 aromatic heterocycles. The van der Waals surface area contributed by atoms with Crippen LogP contribution >= 0.6 is 0 Å². The Balaban J connectivity index is 0. The number of aryl methyl sites for hydroxylation is 2. The van der Waals surface area contributed by atoms with Crippen molar-refractivity contribution in [2.75, 3.05) is 0 Å². The van der Waals surface area contributed by atoms with E-state index in [1.165, 1.54) is 11.1 Å². The molecule has 0 aliphatic carbocycles. The van der Waals surface area contributed by atoms with Crippen LogP contribution in [0.5, 0.6) is 0 Å². The summed E-state index contributed by atoms with van der Waals surface area (Å²) in [7, 11) is 0. The van der Waals surface area contributed by atoms with Crippen molar-refractivity contribution in [2.45, 2.75) is 79.1 Å². The number of carboxylic acids is 2. The van der Waals surface area contributed by atoms with Crippen LogP contribution in [0.3, 0.4) is 0 Å². The van der Waals surface area contributed by atoms with Gasteiger partial charge in [0.15, 0.2) is 0 Å². The fourth-order valence-corrected chi connectivity index (χ4v) is 2.08. The first-order chi connectivity index (χ1) is 11.6. The summed E-state index contributed by atoms with van der Waals surface area (Å²) in [5.74, 6) is -1.47. The lowest BCUT2D eigenvalue weighted by molar-refractivity contribution is -0.138. The maximum absolute atomic E-state index is 10.4. The van der Waals surface area contributed by atoms with Gasteiger partial charge in [0, 0.05) is 12.8 Å². The zero-order chi connectivity index (χ0) is 18.8. The zero-order valence-electron chi connectivity index (χ0n) is 15.7. The second kappa shape index (κ2) is 17.5. The highest BCUT2D eigenvalue weighted by atomic mass is 16.4. The fraction of sp³-hybridized carbons (Fsp3) is 0.600. The molecule has 138 valence electrons. The van der Waals surface area contributed by atoms with E-state index in [1.807, 2.05) is 27.7 Å². The van der Waals surface area contributed by atoms with Gasteiger partial charge in [0.2, 0.25) is 0 Å². The second-order valence-electron chi connectivity index (χ2n) is 5.02. The number of unbranched alkanes of at least 4 members (excludes halogenated alkanes) is 2. The highest BCUT2D eigenvalue weighted by molar-refractivity contribution is 5.66. The van der Waals surface area contributed by atoms with Gasteiger partial charge in [-0.25, -0.2) is 0 Å². The first-order valence-corrected chi connectivity index (χ1v) is 9.09. The molecule has 0 fully saturated rings. The summed E-state index contributed by atoms with van der Waals surface area (Å²) < 4.78 is 0. The molecule has 4 heteroatoms. The van der Waals surface area contributed by atoms with Crippen molar-refractivity contribution in [3.63, 3.8) is 0 Å². The van der Waals surface area contributed by atoms with Gasteiger partial charge >= 0.3 is 11.9 Å². The summed E-state index contributed by atoms with van der Waals surface area (Å²) in [6, 6.07) is 8.31. The molecular formula is C20H34O4. The molecule has 0 bridgehead atoms. The van der Waals surface area contributed by atoms with E-state index in [-0.39, 0.29) is 12.8 Å². The van der Waals surface area contributed by atoms with Crippen LogP contribution in [0.2, 0.25) is 0 Å². The normalized spacial score (nSPS) is 9.17. The SMILES string of the molecule is CC.CC.O=C(O)CCCCc1ccc(CCCCC(=O)O)cc1. The Hall–Kier alpha value is -1.84. The number of benzene rings is 1. The fourth-order valence-electron chi connectivity index (χ4n) is 2.08. The van der Waals surface area contributed by atoms with Gasteiger partial charge in [0.05, 0.1) is 0 Å². The molecule has 0 aliphatic heterocycles. The minimum atomic E-state index is -0.735. The van der Waals surface area contributed by atoms with Crippen LogP contribution in [-0.4, -0.2) is 22.2 Å². The van der Waals surface area contributed by atoms with Gasteiger partial charge in [-0.05, 0) is 49.7 Å². The van der Waals surface area contributed by atoms with Crippen molar-refractivity contribution in [1.29, 1.82) is 0 Å². The zero-order valence-corrected chi connectivity index (χ0v) is 15.7. The Kier molecular flexibility index (Phi) is 17.8. The van der Waals surface area contributed by atoms with Crippen molar-refractivity contribution in [1.82, 2.24) is 0 Å². The van der Waals surface area contributed by atoms with E-state index in [0.29, 0.717) is 12.8 Å². The van der Waals surface area contributed by atoms with Crippen LogP contribution in [0.15, 0.2) is 24.3 Å². The van der Waals surface area contributed by atoms with Crippen LogP contribution in [0.4, 0.5) is 0 Å². The molecule has 1 aromatic rings. The van der Waals surface area contributed by atoms with E-state index in [2.05, 4.69) is 24.3 Å². The standard InChI is InChI=1S/C16H22O4.2C2H6/c17-15(18)7-3-1-5-13-9-11-14(12-10-13)6-2-4-8-16(19)20;2*1-2/h9-12H,1-8H2,(H,17,18)(H,19,20);2*1-2H3. The number of rotatable bonds is 10. The van der Waals surface area contributed by atoms with Gasteiger partial charge in [0.25, 0.3) is 0 Å². The van der Waals surface area contributed by atoms with Gasteiger partial charge in [-0.2, -0.15) is 0 Å². The molecule has 2 N–H and O–H groups in total.